The normalized spacial score (nSPS) is 12.7. The highest BCUT2D eigenvalue weighted by atomic mass is 16.5. The van der Waals surface area contributed by atoms with E-state index in [1.807, 2.05) is 31.2 Å². The zero-order chi connectivity index (χ0) is 21.7. The molecule has 1 aliphatic heterocycles. The van der Waals surface area contributed by atoms with E-state index in [0.717, 1.165) is 17.2 Å². The van der Waals surface area contributed by atoms with E-state index in [1.54, 1.807) is 24.3 Å². The number of pyridine rings is 1. The van der Waals surface area contributed by atoms with Gasteiger partial charge in [0.15, 0.2) is 0 Å². The van der Waals surface area contributed by atoms with Gasteiger partial charge in [-0.25, -0.2) is 0 Å². The predicted octanol–water partition coefficient (Wildman–Crippen LogP) is 2.33. The molecule has 3 heterocycles. The summed E-state index contributed by atoms with van der Waals surface area (Å²) in [6, 6.07) is 15.6. The van der Waals surface area contributed by atoms with Crippen LogP contribution in [0.5, 0.6) is 0 Å². The van der Waals surface area contributed by atoms with E-state index in [2.05, 4.69) is 15.5 Å². The quantitative estimate of drug-likeness (QED) is 0.492. The SMILES string of the molecule is Cc1cccc(-c2noc(-c3cccc(-n4c(N)c5c(cc4=O)C(=O)NC5=O)c3)n2)c1. The average molecular weight is 413 g/mol. The van der Waals surface area contributed by atoms with E-state index in [9.17, 15) is 14.4 Å². The minimum Gasteiger partial charge on any atom is -0.384 e. The van der Waals surface area contributed by atoms with Crippen molar-refractivity contribution < 1.29 is 14.1 Å². The molecule has 2 aromatic carbocycles. The predicted molar refractivity (Wildman–Crippen MR) is 112 cm³/mol. The van der Waals surface area contributed by atoms with Crippen molar-refractivity contribution in [3.05, 3.63) is 81.6 Å². The number of hydrogen-bond acceptors (Lipinski definition) is 7. The van der Waals surface area contributed by atoms with Crippen LogP contribution in [0.4, 0.5) is 5.82 Å². The summed E-state index contributed by atoms with van der Waals surface area (Å²) in [7, 11) is 0. The molecule has 0 unspecified atom stereocenters. The highest BCUT2D eigenvalue weighted by Crippen LogP contribution is 2.27. The molecular formula is C22H15N5O4. The second-order valence-corrected chi connectivity index (χ2v) is 7.12. The summed E-state index contributed by atoms with van der Waals surface area (Å²) in [6.07, 6.45) is 0. The Morgan fingerprint density at radius 1 is 0.968 bits per heavy atom. The lowest BCUT2D eigenvalue weighted by Crippen LogP contribution is -2.24. The molecule has 0 fully saturated rings. The van der Waals surface area contributed by atoms with Crippen molar-refractivity contribution in [2.75, 3.05) is 5.73 Å². The van der Waals surface area contributed by atoms with Gasteiger partial charge in [0, 0.05) is 17.2 Å². The average Bonchev–Trinajstić information content (AvgIpc) is 3.33. The van der Waals surface area contributed by atoms with Crippen LogP contribution in [0.15, 0.2) is 63.9 Å². The molecule has 3 N–H and O–H groups in total. The molecule has 0 saturated heterocycles. The number of nitrogens with zero attached hydrogens (tertiary/aromatic N) is 3. The van der Waals surface area contributed by atoms with Gasteiger partial charge in [-0.3, -0.25) is 24.3 Å². The van der Waals surface area contributed by atoms with Crippen LogP contribution >= 0.6 is 0 Å². The van der Waals surface area contributed by atoms with Crippen LogP contribution in [-0.2, 0) is 0 Å². The fraction of sp³-hybridized carbons (Fsp3) is 0.0455. The second-order valence-electron chi connectivity index (χ2n) is 7.12. The molecule has 2 amide bonds. The minimum atomic E-state index is -0.640. The highest BCUT2D eigenvalue weighted by Gasteiger charge is 2.31. The van der Waals surface area contributed by atoms with E-state index in [1.165, 1.54) is 4.57 Å². The molecule has 0 saturated carbocycles. The van der Waals surface area contributed by atoms with Crippen molar-refractivity contribution in [2.45, 2.75) is 6.92 Å². The number of nitrogens with one attached hydrogen (secondary N) is 1. The fourth-order valence-corrected chi connectivity index (χ4v) is 3.57. The summed E-state index contributed by atoms with van der Waals surface area (Å²) in [4.78, 5) is 41.0. The molecule has 1 aliphatic rings. The summed E-state index contributed by atoms with van der Waals surface area (Å²) in [5, 5.41) is 6.18. The number of nitrogens with two attached hydrogens (primary N) is 1. The summed E-state index contributed by atoms with van der Waals surface area (Å²) in [5.41, 5.74) is 8.37. The summed E-state index contributed by atoms with van der Waals surface area (Å²) >= 11 is 0. The number of nitrogen functional groups attached to an aromatic ring is 1. The van der Waals surface area contributed by atoms with Crippen molar-refractivity contribution in [1.82, 2.24) is 20.0 Å². The molecule has 9 heteroatoms. The molecule has 4 aromatic rings. The molecule has 0 radical (unpaired) electrons. The van der Waals surface area contributed by atoms with Crippen LogP contribution in [-0.4, -0.2) is 26.5 Å². The third kappa shape index (κ3) is 2.99. The van der Waals surface area contributed by atoms with Crippen molar-refractivity contribution in [2.24, 2.45) is 0 Å². The molecule has 0 bridgehead atoms. The first-order valence-corrected chi connectivity index (χ1v) is 9.35. The number of amides is 2. The van der Waals surface area contributed by atoms with E-state index < -0.39 is 17.4 Å². The van der Waals surface area contributed by atoms with Crippen LogP contribution in [0.2, 0.25) is 0 Å². The number of fused-ring (bicyclic) bond motifs is 1. The van der Waals surface area contributed by atoms with Gasteiger partial charge in [-0.15, -0.1) is 0 Å². The van der Waals surface area contributed by atoms with Crippen molar-refractivity contribution in [1.29, 1.82) is 0 Å². The standard InChI is InChI=1S/C22H15N5O4/c1-11-4-2-5-12(8-11)19-24-22(31-26-19)13-6-3-7-14(9-13)27-16(28)10-15-17(18(27)23)21(30)25-20(15)29/h2-10H,23H2,1H3,(H,25,29,30). The molecule has 2 aromatic heterocycles. The highest BCUT2D eigenvalue weighted by molar-refractivity contribution is 6.23. The first-order valence-electron chi connectivity index (χ1n) is 9.35. The molecule has 0 atom stereocenters. The van der Waals surface area contributed by atoms with Gasteiger partial charge >= 0.3 is 0 Å². The number of hydrogen-bond donors (Lipinski definition) is 2. The molecule has 0 aliphatic carbocycles. The topological polar surface area (TPSA) is 133 Å². The molecule has 9 nitrogen and oxygen atoms in total. The van der Waals surface area contributed by atoms with Gasteiger partial charge in [-0.2, -0.15) is 4.98 Å². The maximum Gasteiger partial charge on any atom is 0.262 e. The fourth-order valence-electron chi connectivity index (χ4n) is 3.57. The Kier molecular flexibility index (Phi) is 4.04. The lowest BCUT2D eigenvalue weighted by molar-refractivity contribution is 0.0880. The van der Waals surface area contributed by atoms with Gasteiger partial charge in [0.2, 0.25) is 5.82 Å². The largest absolute Gasteiger partial charge is 0.384 e. The molecule has 152 valence electrons. The van der Waals surface area contributed by atoms with Gasteiger partial charge in [-0.05, 0) is 31.2 Å². The van der Waals surface area contributed by atoms with Gasteiger partial charge in [0.25, 0.3) is 23.3 Å². The Hall–Kier alpha value is -4.53. The maximum absolute atomic E-state index is 12.7. The Balaban J connectivity index is 1.59. The van der Waals surface area contributed by atoms with Crippen LogP contribution in [0.3, 0.4) is 0 Å². The van der Waals surface area contributed by atoms with Gasteiger partial charge in [0.1, 0.15) is 5.82 Å². The van der Waals surface area contributed by atoms with E-state index in [4.69, 9.17) is 10.3 Å². The summed E-state index contributed by atoms with van der Waals surface area (Å²) < 4.78 is 6.58. The van der Waals surface area contributed by atoms with Crippen LogP contribution < -0.4 is 16.6 Å². The Morgan fingerprint density at radius 2 is 1.74 bits per heavy atom. The monoisotopic (exact) mass is 413 g/mol. The third-order valence-corrected chi connectivity index (χ3v) is 5.01. The number of aromatic nitrogens is 3. The number of rotatable bonds is 3. The summed E-state index contributed by atoms with van der Waals surface area (Å²) in [6.45, 7) is 1.97. The van der Waals surface area contributed by atoms with Crippen molar-refractivity contribution in [3.63, 3.8) is 0 Å². The van der Waals surface area contributed by atoms with E-state index in [0.29, 0.717) is 17.1 Å². The van der Waals surface area contributed by atoms with Crippen LogP contribution in [0.1, 0.15) is 26.3 Å². The first-order chi connectivity index (χ1) is 14.9. The molecule has 31 heavy (non-hydrogen) atoms. The van der Waals surface area contributed by atoms with Crippen molar-refractivity contribution >= 4 is 17.6 Å². The van der Waals surface area contributed by atoms with Crippen LogP contribution in [0.25, 0.3) is 28.5 Å². The number of benzene rings is 2. The number of anilines is 1. The molecular weight excluding hydrogens is 398 g/mol. The maximum atomic E-state index is 12.7. The first kappa shape index (κ1) is 18.5. The van der Waals surface area contributed by atoms with E-state index >= 15 is 0 Å². The zero-order valence-corrected chi connectivity index (χ0v) is 16.2. The minimum absolute atomic E-state index is 0.0190. The van der Waals surface area contributed by atoms with Gasteiger partial charge in [0.05, 0.1) is 16.8 Å². The summed E-state index contributed by atoms with van der Waals surface area (Å²) in [5.74, 6) is -0.692. The number of aryl methyl sites for hydroxylation is 1. The van der Waals surface area contributed by atoms with Gasteiger partial charge < -0.3 is 10.3 Å². The van der Waals surface area contributed by atoms with Crippen molar-refractivity contribution in [3.8, 4) is 28.5 Å². The lowest BCUT2D eigenvalue weighted by Gasteiger charge is -2.12. The number of carbonyl (C=O) groups excluding carboxylic acids is 2. The lowest BCUT2D eigenvalue weighted by atomic mass is 10.1. The van der Waals surface area contributed by atoms with Gasteiger partial charge in [-0.1, -0.05) is 35.0 Å². The third-order valence-electron chi connectivity index (χ3n) is 5.01. The van der Waals surface area contributed by atoms with Crippen LogP contribution in [0, 0.1) is 6.92 Å². The Morgan fingerprint density at radius 3 is 2.55 bits per heavy atom. The Labute approximate surface area is 175 Å². The number of imide groups is 1. The number of carbonyl (C=O) groups is 2. The van der Waals surface area contributed by atoms with E-state index in [-0.39, 0.29) is 22.8 Å². The zero-order valence-electron chi connectivity index (χ0n) is 16.2. The molecule has 5 rings (SSSR count). The Bertz CT molecular complexity index is 1450. The molecule has 0 spiro atoms. The second kappa shape index (κ2) is 6.77. The smallest absolute Gasteiger partial charge is 0.262 e.